The van der Waals surface area contributed by atoms with Crippen LogP contribution in [0.5, 0.6) is 0 Å². The van der Waals surface area contributed by atoms with Crippen molar-refractivity contribution in [3.8, 4) is 0 Å². The first-order valence-corrected chi connectivity index (χ1v) is 7.64. The van der Waals surface area contributed by atoms with Gasteiger partial charge in [-0.3, -0.25) is 4.40 Å². The molecule has 2 aromatic heterocycles. The van der Waals surface area contributed by atoms with E-state index in [0.29, 0.717) is 18.1 Å². The Hall–Kier alpha value is -1.64. The van der Waals surface area contributed by atoms with Crippen LogP contribution in [0.25, 0.3) is 5.65 Å². The molecule has 2 N–H and O–H groups in total. The van der Waals surface area contributed by atoms with Crippen LogP contribution in [-0.2, 0) is 14.8 Å². The van der Waals surface area contributed by atoms with Crippen LogP contribution in [0.4, 0.5) is 5.82 Å². The highest BCUT2D eigenvalue weighted by Crippen LogP contribution is 2.22. The quantitative estimate of drug-likeness (QED) is 0.819. The van der Waals surface area contributed by atoms with Crippen molar-refractivity contribution in [3.63, 3.8) is 0 Å². The van der Waals surface area contributed by atoms with Crippen LogP contribution in [0.15, 0.2) is 29.4 Å². The van der Waals surface area contributed by atoms with Crippen LogP contribution in [0.2, 0.25) is 0 Å². The molecule has 0 radical (unpaired) electrons. The summed E-state index contributed by atoms with van der Waals surface area (Å²) in [4.78, 5) is 4.25. The molecule has 20 heavy (non-hydrogen) atoms. The third-order valence-electron chi connectivity index (χ3n) is 2.75. The van der Waals surface area contributed by atoms with Crippen LogP contribution in [-0.4, -0.2) is 44.6 Å². The summed E-state index contributed by atoms with van der Waals surface area (Å²) in [5.41, 5.74) is 0.566. The maximum atomic E-state index is 12.5. The molecular formula is C12H18N4O3S. The van der Waals surface area contributed by atoms with Gasteiger partial charge in [0.15, 0.2) is 10.8 Å². The number of rotatable bonds is 6. The Morgan fingerprint density at radius 2 is 2.20 bits per heavy atom. The number of aromatic nitrogens is 2. The number of methoxy groups -OCH3 is 1. The molecule has 0 bridgehead atoms. The van der Waals surface area contributed by atoms with Crippen LogP contribution < -0.4 is 10.0 Å². The van der Waals surface area contributed by atoms with E-state index >= 15 is 0 Å². The number of imidazole rings is 1. The van der Waals surface area contributed by atoms with Crippen molar-refractivity contribution >= 4 is 21.5 Å². The fourth-order valence-electron chi connectivity index (χ4n) is 2.00. The fraction of sp³-hybridized carbons (Fsp3) is 0.417. The molecule has 8 heteroatoms. The van der Waals surface area contributed by atoms with Gasteiger partial charge in [-0.1, -0.05) is 6.07 Å². The van der Waals surface area contributed by atoms with Gasteiger partial charge in [-0.25, -0.2) is 18.1 Å². The van der Waals surface area contributed by atoms with Crippen molar-refractivity contribution in [1.29, 1.82) is 0 Å². The van der Waals surface area contributed by atoms with E-state index in [0.717, 1.165) is 0 Å². The van der Waals surface area contributed by atoms with E-state index in [1.165, 1.54) is 11.5 Å². The fourth-order valence-corrected chi connectivity index (χ4v) is 3.52. The van der Waals surface area contributed by atoms with Crippen molar-refractivity contribution < 1.29 is 13.2 Å². The summed E-state index contributed by atoms with van der Waals surface area (Å²) in [5, 5.41) is 2.91. The molecule has 0 saturated carbocycles. The minimum Gasteiger partial charge on any atom is -0.383 e. The van der Waals surface area contributed by atoms with Crippen molar-refractivity contribution in [2.24, 2.45) is 0 Å². The molecule has 0 saturated heterocycles. The predicted molar refractivity (Wildman–Crippen MR) is 76.4 cm³/mol. The molecule has 0 aliphatic heterocycles. The molecule has 0 aliphatic rings. The smallest absolute Gasteiger partial charge is 0.260 e. The summed E-state index contributed by atoms with van der Waals surface area (Å²) in [5.74, 6) is 0.313. The molecule has 1 atom stereocenters. The number of pyridine rings is 1. The normalized spacial score (nSPS) is 13.6. The topological polar surface area (TPSA) is 84.7 Å². The highest BCUT2D eigenvalue weighted by molar-refractivity contribution is 7.89. The lowest BCUT2D eigenvalue weighted by atomic mass is 10.4. The standard InChI is InChI=1S/C12H18N4O3S/c1-9(8-19-3)15-20(17,18)12-11(13-2)14-10-6-4-5-7-16(10)12/h4-7,9,13,15H,8H2,1-3H3. The largest absolute Gasteiger partial charge is 0.383 e. The van der Waals surface area contributed by atoms with Crippen molar-refractivity contribution in [2.75, 3.05) is 26.1 Å². The van der Waals surface area contributed by atoms with Gasteiger partial charge in [0.2, 0.25) is 0 Å². The summed E-state index contributed by atoms with van der Waals surface area (Å²) in [6.07, 6.45) is 1.67. The Labute approximate surface area is 118 Å². The maximum absolute atomic E-state index is 12.5. The van der Waals surface area contributed by atoms with Gasteiger partial charge in [-0.2, -0.15) is 0 Å². The van der Waals surface area contributed by atoms with Crippen molar-refractivity contribution in [1.82, 2.24) is 14.1 Å². The number of nitrogens with one attached hydrogen (secondary N) is 2. The molecule has 2 heterocycles. The SMILES string of the molecule is CNc1nc2ccccn2c1S(=O)(=O)NC(C)COC. The van der Waals surface area contributed by atoms with Crippen LogP contribution in [0.1, 0.15) is 6.92 Å². The first-order chi connectivity index (χ1) is 9.49. The van der Waals surface area contributed by atoms with E-state index in [4.69, 9.17) is 4.74 Å². The Morgan fingerprint density at radius 3 is 2.85 bits per heavy atom. The number of ether oxygens (including phenoxy) is 1. The monoisotopic (exact) mass is 298 g/mol. The number of sulfonamides is 1. The summed E-state index contributed by atoms with van der Waals surface area (Å²) >= 11 is 0. The van der Waals surface area contributed by atoms with E-state index in [2.05, 4.69) is 15.0 Å². The molecular weight excluding hydrogens is 280 g/mol. The molecule has 110 valence electrons. The Morgan fingerprint density at radius 1 is 1.45 bits per heavy atom. The molecule has 0 amide bonds. The number of nitrogens with zero attached hydrogens (tertiary/aromatic N) is 2. The van der Waals surface area contributed by atoms with Crippen LogP contribution in [0, 0.1) is 0 Å². The van der Waals surface area contributed by atoms with Crippen molar-refractivity contribution in [2.45, 2.75) is 18.0 Å². The molecule has 7 nitrogen and oxygen atoms in total. The van der Waals surface area contributed by atoms with Crippen LogP contribution in [0.3, 0.4) is 0 Å². The van der Waals surface area contributed by atoms with E-state index in [1.807, 2.05) is 0 Å². The van der Waals surface area contributed by atoms with Crippen molar-refractivity contribution in [3.05, 3.63) is 24.4 Å². The van der Waals surface area contributed by atoms with E-state index in [9.17, 15) is 8.42 Å². The number of anilines is 1. The molecule has 0 fully saturated rings. The number of hydrogen-bond acceptors (Lipinski definition) is 5. The minimum absolute atomic E-state index is 0.0959. The molecule has 1 unspecified atom stereocenters. The predicted octanol–water partition coefficient (Wildman–Crippen LogP) is 0.689. The summed E-state index contributed by atoms with van der Waals surface area (Å²) in [6.45, 7) is 2.04. The number of hydrogen-bond donors (Lipinski definition) is 2. The molecule has 0 aliphatic carbocycles. The first-order valence-electron chi connectivity index (χ1n) is 6.15. The minimum atomic E-state index is -3.70. The highest BCUT2D eigenvalue weighted by atomic mass is 32.2. The first kappa shape index (κ1) is 14.8. The average Bonchev–Trinajstić information content (AvgIpc) is 2.77. The van der Waals surface area contributed by atoms with E-state index < -0.39 is 10.0 Å². The van der Waals surface area contributed by atoms with Gasteiger partial charge in [0.1, 0.15) is 5.65 Å². The summed E-state index contributed by atoms with van der Waals surface area (Å²) in [7, 11) is -0.536. The van der Waals surface area contributed by atoms with Gasteiger partial charge < -0.3 is 10.1 Å². The second-order valence-electron chi connectivity index (χ2n) is 4.42. The van der Waals surface area contributed by atoms with E-state index in [-0.39, 0.29) is 11.1 Å². The van der Waals surface area contributed by atoms with Gasteiger partial charge in [0.25, 0.3) is 10.0 Å². The zero-order valence-electron chi connectivity index (χ0n) is 11.6. The molecule has 2 aromatic rings. The Bertz CT molecular complexity index is 696. The van der Waals surface area contributed by atoms with Gasteiger partial charge in [-0.15, -0.1) is 0 Å². The maximum Gasteiger partial charge on any atom is 0.260 e. The van der Waals surface area contributed by atoms with Gasteiger partial charge in [0.05, 0.1) is 6.61 Å². The molecule has 0 spiro atoms. The van der Waals surface area contributed by atoms with Gasteiger partial charge in [-0.05, 0) is 19.1 Å². The second-order valence-corrected chi connectivity index (χ2v) is 6.05. The second kappa shape index (κ2) is 5.78. The molecule has 2 rings (SSSR count). The van der Waals surface area contributed by atoms with Crippen LogP contribution >= 0.6 is 0 Å². The third kappa shape index (κ3) is 2.77. The van der Waals surface area contributed by atoms with Gasteiger partial charge >= 0.3 is 0 Å². The lowest BCUT2D eigenvalue weighted by Crippen LogP contribution is -2.36. The van der Waals surface area contributed by atoms with E-state index in [1.54, 1.807) is 38.4 Å². The van der Waals surface area contributed by atoms with Gasteiger partial charge in [0, 0.05) is 26.4 Å². The molecule has 0 aromatic carbocycles. The lowest BCUT2D eigenvalue weighted by molar-refractivity contribution is 0.180. The average molecular weight is 298 g/mol. The zero-order chi connectivity index (χ0) is 14.8. The Kier molecular flexibility index (Phi) is 4.26. The third-order valence-corrected chi connectivity index (χ3v) is 4.36. The highest BCUT2D eigenvalue weighted by Gasteiger charge is 2.26. The Balaban J connectivity index is 2.50. The lowest BCUT2D eigenvalue weighted by Gasteiger charge is -2.13. The summed E-state index contributed by atoms with van der Waals surface area (Å²) < 4.78 is 34.1. The zero-order valence-corrected chi connectivity index (χ0v) is 12.4. The number of fused-ring (bicyclic) bond motifs is 1. The summed E-state index contributed by atoms with van der Waals surface area (Å²) in [6, 6.07) is 4.98.